The van der Waals surface area contributed by atoms with E-state index < -0.39 is 0 Å². The zero-order chi connectivity index (χ0) is 22.9. The number of nitrogens with zero attached hydrogens (tertiary/aromatic N) is 4. The first-order chi connectivity index (χ1) is 16.0. The van der Waals surface area contributed by atoms with Crippen LogP contribution in [0.3, 0.4) is 0 Å². The Morgan fingerprint density at radius 1 is 0.879 bits per heavy atom. The van der Waals surface area contributed by atoms with Gasteiger partial charge in [0, 0.05) is 17.5 Å². The number of para-hydroxylation sites is 1. The molecule has 0 unspecified atom stereocenters. The van der Waals surface area contributed by atoms with Crippen LogP contribution in [-0.4, -0.2) is 18.9 Å². The van der Waals surface area contributed by atoms with E-state index in [0.29, 0.717) is 39.7 Å². The van der Waals surface area contributed by atoms with E-state index in [-0.39, 0.29) is 11.1 Å². The fourth-order valence-corrected chi connectivity index (χ4v) is 4.74. The second-order valence-corrected chi connectivity index (χ2v) is 8.97. The van der Waals surface area contributed by atoms with Gasteiger partial charge in [0.25, 0.3) is 11.1 Å². The highest BCUT2D eigenvalue weighted by Crippen LogP contribution is 2.22. The fraction of sp³-hybridized carbons (Fsp3) is 0.154. The molecule has 0 N–H and O–H groups in total. The fourth-order valence-electron chi connectivity index (χ4n) is 3.85. The van der Waals surface area contributed by atoms with Gasteiger partial charge in [-0.25, -0.2) is 9.97 Å². The van der Waals surface area contributed by atoms with Crippen molar-refractivity contribution in [2.24, 2.45) is 0 Å². The zero-order valence-electron chi connectivity index (χ0n) is 18.4. The Hall–Kier alpha value is -3.71. The van der Waals surface area contributed by atoms with Gasteiger partial charge in [0.15, 0.2) is 5.16 Å². The molecule has 3 aromatic heterocycles. The van der Waals surface area contributed by atoms with Crippen molar-refractivity contribution in [3.8, 4) is 0 Å². The van der Waals surface area contributed by atoms with Crippen molar-refractivity contribution in [2.75, 3.05) is 0 Å². The number of aryl methyl sites for hydroxylation is 2. The second kappa shape index (κ2) is 8.67. The number of hydrogen-bond acceptors (Lipinski definition) is 5. The number of benzene rings is 2. The van der Waals surface area contributed by atoms with E-state index in [1.807, 2.05) is 74.5 Å². The summed E-state index contributed by atoms with van der Waals surface area (Å²) in [6.07, 6.45) is 0. The van der Waals surface area contributed by atoms with Crippen LogP contribution in [0.15, 0.2) is 87.5 Å². The van der Waals surface area contributed by atoms with Crippen LogP contribution in [0.25, 0.3) is 16.6 Å². The standard InChI is InChI=1S/C26H22N4O2S/c1-17-10-12-19(13-11-17)15-29-25(32)21-7-3-4-8-22(21)28-26(29)33-16-20-14-24(31)30-18(2)6-5-9-23(30)27-20/h3-14H,15-16H2,1-2H3. The first kappa shape index (κ1) is 21.2. The Balaban J connectivity index is 1.54. The van der Waals surface area contributed by atoms with Gasteiger partial charge in [0.05, 0.1) is 23.1 Å². The molecule has 0 amide bonds. The van der Waals surface area contributed by atoms with Gasteiger partial charge >= 0.3 is 0 Å². The lowest BCUT2D eigenvalue weighted by Gasteiger charge is -2.13. The molecule has 0 saturated heterocycles. The maximum absolute atomic E-state index is 13.3. The molecule has 3 heterocycles. The highest BCUT2D eigenvalue weighted by Gasteiger charge is 2.13. The molecule has 0 spiro atoms. The van der Waals surface area contributed by atoms with Crippen LogP contribution in [0.1, 0.15) is 22.5 Å². The predicted molar refractivity (Wildman–Crippen MR) is 132 cm³/mol. The molecule has 2 aromatic carbocycles. The molecule has 6 nitrogen and oxygen atoms in total. The van der Waals surface area contributed by atoms with E-state index >= 15 is 0 Å². The molecule has 5 rings (SSSR count). The predicted octanol–water partition coefficient (Wildman–Crippen LogP) is 4.36. The van der Waals surface area contributed by atoms with Gasteiger partial charge in [-0.05, 0) is 43.7 Å². The summed E-state index contributed by atoms with van der Waals surface area (Å²) in [6.45, 7) is 4.34. The summed E-state index contributed by atoms with van der Waals surface area (Å²) >= 11 is 1.41. The minimum atomic E-state index is -0.114. The van der Waals surface area contributed by atoms with Gasteiger partial charge in [-0.15, -0.1) is 0 Å². The average Bonchev–Trinajstić information content (AvgIpc) is 2.81. The molecule has 0 aliphatic carbocycles. The molecular weight excluding hydrogens is 432 g/mol. The van der Waals surface area contributed by atoms with Crippen LogP contribution in [-0.2, 0) is 12.3 Å². The van der Waals surface area contributed by atoms with Gasteiger partial charge in [-0.1, -0.05) is 59.8 Å². The third kappa shape index (κ3) is 4.19. The van der Waals surface area contributed by atoms with E-state index in [1.54, 1.807) is 21.1 Å². The van der Waals surface area contributed by atoms with Crippen LogP contribution < -0.4 is 11.1 Å². The van der Waals surface area contributed by atoms with Crippen molar-refractivity contribution >= 4 is 28.3 Å². The van der Waals surface area contributed by atoms with Crippen molar-refractivity contribution in [1.82, 2.24) is 18.9 Å². The van der Waals surface area contributed by atoms with E-state index in [2.05, 4.69) is 4.98 Å². The average molecular weight is 455 g/mol. The SMILES string of the molecule is Cc1ccc(Cn2c(SCc3cc(=O)n4c(C)cccc4n3)nc3ccccc3c2=O)cc1. The van der Waals surface area contributed by atoms with Gasteiger partial charge in [0.1, 0.15) is 5.65 Å². The van der Waals surface area contributed by atoms with Gasteiger partial charge in [0.2, 0.25) is 0 Å². The zero-order valence-corrected chi connectivity index (χ0v) is 19.2. The molecule has 0 saturated carbocycles. The molecule has 0 aliphatic heterocycles. The third-order valence-corrected chi connectivity index (χ3v) is 6.58. The molecule has 0 fully saturated rings. The van der Waals surface area contributed by atoms with Crippen molar-refractivity contribution in [3.05, 3.63) is 116 Å². The Kier molecular flexibility index (Phi) is 5.56. The minimum Gasteiger partial charge on any atom is -0.283 e. The monoisotopic (exact) mass is 454 g/mol. The molecule has 0 bridgehead atoms. The molecule has 33 heavy (non-hydrogen) atoms. The Morgan fingerprint density at radius 3 is 2.48 bits per heavy atom. The first-order valence-corrected chi connectivity index (χ1v) is 11.6. The summed E-state index contributed by atoms with van der Waals surface area (Å²) < 4.78 is 3.30. The van der Waals surface area contributed by atoms with E-state index in [0.717, 1.165) is 11.3 Å². The van der Waals surface area contributed by atoms with Crippen LogP contribution >= 0.6 is 11.8 Å². The van der Waals surface area contributed by atoms with Crippen LogP contribution in [0.4, 0.5) is 0 Å². The summed E-state index contributed by atoms with van der Waals surface area (Å²) in [4.78, 5) is 35.4. The Morgan fingerprint density at radius 2 is 1.67 bits per heavy atom. The highest BCUT2D eigenvalue weighted by molar-refractivity contribution is 7.98. The van der Waals surface area contributed by atoms with Gasteiger partial charge in [-0.2, -0.15) is 0 Å². The van der Waals surface area contributed by atoms with E-state index in [4.69, 9.17) is 4.98 Å². The molecule has 0 atom stereocenters. The third-order valence-electron chi connectivity index (χ3n) is 5.57. The first-order valence-electron chi connectivity index (χ1n) is 10.7. The molecule has 7 heteroatoms. The largest absolute Gasteiger partial charge is 0.283 e. The number of thioether (sulfide) groups is 1. The molecule has 0 radical (unpaired) electrons. The normalized spacial score (nSPS) is 11.3. The molecule has 5 aromatic rings. The van der Waals surface area contributed by atoms with Gasteiger partial charge in [-0.3, -0.25) is 18.6 Å². The van der Waals surface area contributed by atoms with Crippen molar-refractivity contribution < 1.29 is 0 Å². The van der Waals surface area contributed by atoms with E-state index in [1.165, 1.54) is 17.3 Å². The minimum absolute atomic E-state index is 0.0779. The second-order valence-electron chi connectivity index (χ2n) is 8.02. The summed E-state index contributed by atoms with van der Waals surface area (Å²) in [5.74, 6) is 0.429. The highest BCUT2D eigenvalue weighted by atomic mass is 32.2. The summed E-state index contributed by atoms with van der Waals surface area (Å²) in [5, 5.41) is 1.19. The Bertz CT molecular complexity index is 1600. The Labute approximate surface area is 194 Å². The summed E-state index contributed by atoms with van der Waals surface area (Å²) in [6, 6.07) is 22.7. The van der Waals surface area contributed by atoms with Crippen LogP contribution in [0.5, 0.6) is 0 Å². The number of pyridine rings is 1. The topological polar surface area (TPSA) is 69.3 Å². The smallest absolute Gasteiger partial charge is 0.262 e. The lowest BCUT2D eigenvalue weighted by atomic mass is 10.1. The summed E-state index contributed by atoms with van der Waals surface area (Å²) in [7, 11) is 0. The van der Waals surface area contributed by atoms with Crippen LogP contribution in [0.2, 0.25) is 0 Å². The van der Waals surface area contributed by atoms with Crippen molar-refractivity contribution in [2.45, 2.75) is 31.3 Å². The number of rotatable bonds is 5. The number of fused-ring (bicyclic) bond motifs is 2. The lowest BCUT2D eigenvalue weighted by molar-refractivity contribution is 0.658. The van der Waals surface area contributed by atoms with Crippen molar-refractivity contribution in [1.29, 1.82) is 0 Å². The van der Waals surface area contributed by atoms with Crippen LogP contribution in [0, 0.1) is 13.8 Å². The molecule has 0 aliphatic rings. The van der Waals surface area contributed by atoms with Crippen molar-refractivity contribution in [3.63, 3.8) is 0 Å². The van der Waals surface area contributed by atoms with Gasteiger partial charge < -0.3 is 0 Å². The number of hydrogen-bond donors (Lipinski definition) is 0. The van der Waals surface area contributed by atoms with E-state index in [9.17, 15) is 9.59 Å². The number of aromatic nitrogens is 4. The molecular formula is C26H22N4O2S. The maximum Gasteiger partial charge on any atom is 0.262 e. The molecule has 164 valence electrons. The maximum atomic E-state index is 13.3. The quantitative estimate of drug-likeness (QED) is 0.292. The summed E-state index contributed by atoms with van der Waals surface area (Å²) in [5.41, 5.74) is 4.77. The lowest BCUT2D eigenvalue weighted by Crippen LogP contribution is -2.24.